The molecule has 0 spiro atoms. The lowest BCUT2D eigenvalue weighted by Gasteiger charge is -2.34. The Balaban J connectivity index is 5.69. The zero-order valence-corrected chi connectivity index (χ0v) is 54.6. The summed E-state index contributed by atoms with van der Waals surface area (Å²) in [5.41, 5.74) is -0.956. The molecule has 21 nitrogen and oxygen atoms in total. The van der Waals surface area contributed by atoms with Crippen LogP contribution in [0, 0.1) is 16.2 Å². The summed E-state index contributed by atoms with van der Waals surface area (Å²) >= 11 is 0. The fourth-order valence-corrected chi connectivity index (χ4v) is 8.39. The molecule has 0 aromatic heterocycles. The van der Waals surface area contributed by atoms with Crippen molar-refractivity contribution in [1.29, 1.82) is 0 Å². The lowest BCUT2D eigenvalue weighted by atomic mass is 9.89. The van der Waals surface area contributed by atoms with Gasteiger partial charge in [-0.2, -0.15) is 0 Å². The molecule has 0 aliphatic rings. The highest BCUT2D eigenvalue weighted by Gasteiger charge is 2.34. The number of ether oxygens (including phenoxy) is 3. The van der Waals surface area contributed by atoms with Gasteiger partial charge in [-0.05, 0) is 93.0 Å². The maximum atomic E-state index is 13.8. The van der Waals surface area contributed by atoms with Crippen LogP contribution in [0.4, 0.5) is 0 Å². The molecule has 0 atom stereocenters. The Labute approximate surface area is 512 Å². The molecule has 0 aromatic rings. The van der Waals surface area contributed by atoms with E-state index in [-0.39, 0.29) is 142 Å². The lowest BCUT2D eigenvalue weighted by molar-refractivity contribution is -0.131. The molecule has 85 heavy (non-hydrogen) atoms. The zero-order chi connectivity index (χ0) is 63.7. The first-order valence-corrected chi connectivity index (χ1v) is 32.1. The Morgan fingerprint density at radius 1 is 0.329 bits per heavy atom. The second-order valence-corrected chi connectivity index (χ2v) is 26.0. The van der Waals surface area contributed by atoms with Crippen molar-refractivity contribution in [2.45, 2.75) is 235 Å². The summed E-state index contributed by atoms with van der Waals surface area (Å²) in [6.45, 7) is 24.1. The summed E-state index contributed by atoms with van der Waals surface area (Å²) < 4.78 is 18.2. The number of rotatable bonds is 52. The van der Waals surface area contributed by atoms with E-state index in [1.54, 1.807) is 6.08 Å². The second kappa shape index (κ2) is 48.9. The van der Waals surface area contributed by atoms with Crippen LogP contribution in [-0.2, 0) is 57.4 Å². The molecule has 21 heteroatoms. The fourth-order valence-electron chi connectivity index (χ4n) is 8.39. The summed E-state index contributed by atoms with van der Waals surface area (Å²) in [6.07, 6.45) is 18.8. The summed E-state index contributed by atoms with van der Waals surface area (Å²) in [6, 6.07) is 0. The number of nitrogens with one attached hydrogen (secondary N) is 9. The third-order valence-corrected chi connectivity index (χ3v) is 13.4. The van der Waals surface area contributed by atoms with Gasteiger partial charge >= 0.3 is 0 Å². The number of allylic oxidation sites excluding steroid dienone is 1. The molecule has 492 valence electrons. The Morgan fingerprint density at radius 2 is 0.635 bits per heavy atom. The highest BCUT2D eigenvalue weighted by atomic mass is 16.5. The number of hydrogen-bond donors (Lipinski definition) is 9. The van der Waals surface area contributed by atoms with E-state index in [0.717, 1.165) is 83.5 Å². The van der Waals surface area contributed by atoms with Gasteiger partial charge in [0.05, 0.1) is 39.6 Å². The molecule has 0 heterocycles. The van der Waals surface area contributed by atoms with Crippen LogP contribution in [0.3, 0.4) is 0 Å². The Kier molecular flexibility index (Phi) is 45.9. The smallest absolute Gasteiger partial charge is 0.243 e. The van der Waals surface area contributed by atoms with Gasteiger partial charge < -0.3 is 62.1 Å². The molecule has 0 radical (unpaired) electrons. The second-order valence-electron chi connectivity index (χ2n) is 26.0. The van der Waals surface area contributed by atoms with Gasteiger partial charge in [0, 0.05) is 104 Å². The Morgan fingerprint density at radius 3 is 0.976 bits per heavy atom. The third-order valence-electron chi connectivity index (χ3n) is 13.4. The lowest BCUT2D eigenvalue weighted by Crippen LogP contribution is -2.58. The van der Waals surface area contributed by atoms with Gasteiger partial charge in [-0.3, -0.25) is 43.2 Å². The van der Waals surface area contributed by atoms with Crippen LogP contribution in [-0.4, -0.2) is 151 Å². The summed E-state index contributed by atoms with van der Waals surface area (Å²) in [5, 5.41) is 26.1. The topological polar surface area (TPSA) is 290 Å². The number of carbonyl (C=O) groups excluding carboxylic acids is 9. The van der Waals surface area contributed by atoms with E-state index in [0.29, 0.717) is 90.9 Å². The minimum absolute atomic E-state index is 0.000705. The number of carbonyl (C=O) groups is 9. The van der Waals surface area contributed by atoms with Gasteiger partial charge in [-0.25, -0.2) is 0 Å². The molecule has 0 aliphatic carbocycles. The molecule has 9 N–H and O–H groups in total. The first-order chi connectivity index (χ1) is 40.2. The van der Waals surface area contributed by atoms with Crippen molar-refractivity contribution >= 4 is 53.2 Å². The molecule has 0 saturated heterocycles. The van der Waals surface area contributed by atoms with Crippen molar-refractivity contribution in [1.82, 2.24) is 47.9 Å². The predicted molar refractivity (Wildman–Crippen MR) is 336 cm³/mol. The average molecular weight is 1210 g/mol. The van der Waals surface area contributed by atoms with E-state index < -0.39 is 11.4 Å². The molecular weight excluding hydrogens is 1090 g/mol. The fraction of sp³-hybridized carbons (Fsp3) is 0.828. The van der Waals surface area contributed by atoms with Gasteiger partial charge in [0.25, 0.3) is 0 Å². The Bertz CT molecular complexity index is 1850. The first kappa shape index (κ1) is 79.8. The van der Waals surface area contributed by atoms with Crippen molar-refractivity contribution in [3.8, 4) is 0 Å². The minimum Gasteiger partial charge on any atom is -0.378 e. The largest absolute Gasteiger partial charge is 0.378 e. The summed E-state index contributed by atoms with van der Waals surface area (Å²) in [4.78, 5) is 114. The van der Waals surface area contributed by atoms with Crippen LogP contribution in [0.5, 0.6) is 0 Å². The molecular formula is C64H119N9O12. The molecule has 9 amide bonds. The molecule has 0 unspecified atom stereocenters. The summed E-state index contributed by atoms with van der Waals surface area (Å²) in [5.74, 6) is -1.53. The average Bonchev–Trinajstić information content (AvgIpc) is 3.56. The highest BCUT2D eigenvalue weighted by Crippen LogP contribution is 2.23. The van der Waals surface area contributed by atoms with Crippen LogP contribution in [0.15, 0.2) is 12.2 Å². The van der Waals surface area contributed by atoms with E-state index in [4.69, 9.17) is 14.2 Å². The SMILES string of the molecule is CCCCCC(=O)NCCCNC(=O)CCOCC(COCCC(=O)NCCCNC(=O)CCCCC(C)(C)C)(COCCC(=O)NCCCNC(=O)CCCCC(C)(C)C)NC(=O)CCCC(=O)NCCCCCCNC(=O)/C=C/C(C)(C)C. The van der Waals surface area contributed by atoms with E-state index in [1.807, 2.05) is 26.8 Å². The van der Waals surface area contributed by atoms with Crippen LogP contribution in [0.25, 0.3) is 0 Å². The van der Waals surface area contributed by atoms with Crippen molar-refractivity contribution in [3.05, 3.63) is 12.2 Å². The quantitative estimate of drug-likeness (QED) is 0.0214. The van der Waals surface area contributed by atoms with E-state index in [2.05, 4.69) is 96.3 Å². The van der Waals surface area contributed by atoms with Crippen LogP contribution < -0.4 is 47.9 Å². The molecule has 0 rings (SSSR count). The monoisotopic (exact) mass is 1210 g/mol. The molecule has 0 aliphatic heterocycles. The Hall–Kier alpha value is -5.15. The van der Waals surface area contributed by atoms with Crippen molar-refractivity contribution in [3.63, 3.8) is 0 Å². The van der Waals surface area contributed by atoms with Crippen LogP contribution in [0.2, 0.25) is 0 Å². The van der Waals surface area contributed by atoms with Gasteiger partial charge in [0.15, 0.2) is 0 Å². The summed E-state index contributed by atoms with van der Waals surface area (Å²) in [7, 11) is 0. The highest BCUT2D eigenvalue weighted by molar-refractivity contribution is 5.87. The molecule has 0 saturated carbocycles. The number of amides is 9. The van der Waals surface area contributed by atoms with Crippen LogP contribution in [0.1, 0.15) is 230 Å². The van der Waals surface area contributed by atoms with Gasteiger partial charge in [-0.1, -0.05) is 114 Å². The van der Waals surface area contributed by atoms with E-state index in [1.165, 1.54) is 0 Å². The molecule has 0 bridgehead atoms. The number of hydrogen-bond acceptors (Lipinski definition) is 12. The first-order valence-electron chi connectivity index (χ1n) is 32.1. The maximum absolute atomic E-state index is 13.8. The maximum Gasteiger partial charge on any atom is 0.243 e. The van der Waals surface area contributed by atoms with Gasteiger partial charge in [0.2, 0.25) is 53.2 Å². The molecule has 0 fully saturated rings. The normalized spacial score (nSPS) is 11.9. The van der Waals surface area contributed by atoms with Crippen molar-refractivity contribution < 1.29 is 57.4 Å². The minimum atomic E-state index is -1.35. The van der Waals surface area contributed by atoms with E-state index >= 15 is 0 Å². The van der Waals surface area contributed by atoms with Crippen molar-refractivity contribution in [2.24, 2.45) is 16.2 Å². The molecule has 0 aromatic carbocycles. The van der Waals surface area contributed by atoms with E-state index in [9.17, 15) is 43.2 Å². The number of unbranched alkanes of at least 4 members (excludes halogenated alkanes) is 7. The van der Waals surface area contributed by atoms with Crippen molar-refractivity contribution in [2.75, 3.05) is 92.0 Å². The predicted octanol–water partition coefficient (Wildman–Crippen LogP) is 7.29. The zero-order valence-electron chi connectivity index (χ0n) is 54.6. The van der Waals surface area contributed by atoms with Crippen LogP contribution >= 0.6 is 0 Å². The standard InChI is InChI=1S/C64H119N9O12/c1-11-12-15-26-52(74)67-40-23-43-70-57(79)32-46-83-49-64(50-84-47-33-58(80)71-44-24-41-68-53(75)27-16-18-35-61(2,3)4,51-85-48-34-59(81)72-45-25-42-69-54(76)28-17-19-36-62(5,6)7)73-60(82)30-22-29-55(77)65-38-20-13-14-21-39-66-56(78)31-37-63(8,9)10/h31,37H,11-30,32-36,38-51H2,1-10H3,(H,65,77)(H,66,78)(H,67,74)(H,68,75)(H,69,76)(H,70,79)(H,71,80)(H,72,81)(H,73,82)/b37-31+. The van der Waals surface area contributed by atoms with Gasteiger partial charge in [0.1, 0.15) is 5.54 Å². The van der Waals surface area contributed by atoms with Gasteiger partial charge in [-0.15, -0.1) is 0 Å². The third kappa shape index (κ3) is 55.2.